The van der Waals surface area contributed by atoms with E-state index in [0.717, 1.165) is 12.1 Å². The van der Waals surface area contributed by atoms with Gasteiger partial charge in [-0.2, -0.15) is 10.5 Å². The first kappa shape index (κ1) is 12.5. The molecular formula is C14H7F2N3. The highest BCUT2D eigenvalue weighted by atomic mass is 19.1. The second-order valence-corrected chi connectivity index (χ2v) is 3.73. The number of hydrogen-bond donors (Lipinski definition) is 1. The van der Waals surface area contributed by atoms with E-state index in [1.54, 1.807) is 0 Å². The maximum atomic E-state index is 13.7. The van der Waals surface area contributed by atoms with E-state index < -0.39 is 11.6 Å². The highest BCUT2D eigenvalue weighted by Gasteiger charge is 2.08. The van der Waals surface area contributed by atoms with Gasteiger partial charge in [0.05, 0.1) is 28.6 Å². The van der Waals surface area contributed by atoms with Gasteiger partial charge < -0.3 is 5.32 Å². The number of rotatable bonds is 2. The van der Waals surface area contributed by atoms with Crippen LogP contribution in [0, 0.1) is 34.3 Å². The minimum atomic E-state index is -0.618. The van der Waals surface area contributed by atoms with Crippen molar-refractivity contribution in [3.8, 4) is 12.1 Å². The summed E-state index contributed by atoms with van der Waals surface area (Å²) in [5, 5.41) is 20.2. The van der Waals surface area contributed by atoms with Gasteiger partial charge in [-0.15, -0.1) is 0 Å². The molecular weight excluding hydrogens is 248 g/mol. The smallest absolute Gasteiger partial charge is 0.147 e. The predicted molar refractivity (Wildman–Crippen MR) is 65.5 cm³/mol. The molecule has 0 unspecified atom stereocenters. The van der Waals surface area contributed by atoms with Gasteiger partial charge in [-0.1, -0.05) is 0 Å². The summed E-state index contributed by atoms with van der Waals surface area (Å²) < 4.78 is 26.6. The zero-order chi connectivity index (χ0) is 13.8. The molecule has 0 aromatic heterocycles. The SMILES string of the molecule is N#Cc1ccc(Nc2ccc(F)cc2C#N)c(F)c1. The third-order valence-electron chi connectivity index (χ3n) is 2.47. The van der Waals surface area contributed by atoms with Crippen LogP contribution in [0.2, 0.25) is 0 Å². The first-order chi connectivity index (χ1) is 9.13. The molecule has 0 aliphatic rings. The lowest BCUT2D eigenvalue weighted by Crippen LogP contribution is -1.97. The summed E-state index contributed by atoms with van der Waals surface area (Å²) in [6.45, 7) is 0. The van der Waals surface area contributed by atoms with Gasteiger partial charge in [0.2, 0.25) is 0 Å². The van der Waals surface area contributed by atoms with E-state index in [-0.39, 0.29) is 16.8 Å². The van der Waals surface area contributed by atoms with E-state index in [1.807, 2.05) is 12.1 Å². The average Bonchev–Trinajstić information content (AvgIpc) is 2.42. The van der Waals surface area contributed by atoms with Crippen molar-refractivity contribution in [3.05, 3.63) is 59.2 Å². The maximum absolute atomic E-state index is 13.7. The molecule has 0 atom stereocenters. The van der Waals surface area contributed by atoms with Gasteiger partial charge in [-0.05, 0) is 36.4 Å². The summed E-state index contributed by atoms with van der Waals surface area (Å²) >= 11 is 0. The molecule has 0 aliphatic heterocycles. The Morgan fingerprint density at radius 3 is 2.26 bits per heavy atom. The van der Waals surface area contributed by atoms with Crippen molar-refractivity contribution in [2.75, 3.05) is 5.32 Å². The molecule has 2 aromatic carbocycles. The minimum absolute atomic E-state index is 0.0729. The molecule has 0 amide bonds. The maximum Gasteiger partial charge on any atom is 0.147 e. The van der Waals surface area contributed by atoms with Gasteiger partial charge in [0.25, 0.3) is 0 Å². The van der Waals surface area contributed by atoms with Crippen LogP contribution >= 0.6 is 0 Å². The zero-order valence-electron chi connectivity index (χ0n) is 9.61. The normalized spacial score (nSPS) is 9.47. The molecule has 2 aromatic rings. The summed E-state index contributed by atoms with van der Waals surface area (Å²) in [7, 11) is 0. The molecule has 1 N–H and O–H groups in total. The van der Waals surface area contributed by atoms with E-state index in [9.17, 15) is 8.78 Å². The first-order valence-corrected chi connectivity index (χ1v) is 5.30. The Labute approximate surface area is 108 Å². The van der Waals surface area contributed by atoms with Crippen LogP contribution in [0.15, 0.2) is 36.4 Å². The topological polar surface area (TPSA) is 59.6 Å². The van der Waals surface area contributed by atoms with Crippen molar-refractivity contribution in [3.63, 3.8) is 0 Å². The lowest BCUT2D eigenvalue weighted by molar-refractivity contribution is 0.627. The van der Waals surface area contributed by atoms with Gasteiger partial charge in [0.15, 0.2) is 0 Å². The first-order valence-electron chi connectivity index (χ1n) is 5.30. The van der Waals surface area contributed by atoms with Crippen LogP contribution in [0.1, 0.15) is 11.1 Å². The average molecular weight is 255 g/mol. The van der Waals surface area contributed by atoms with Gasteiger partial charge in [-0.3, -0.25) is 0 Å². The second kappa shape index (κ2) is 5.16. The summed E-state index contributed by atoms with van der Waals surface area (Å²) in [6, 6.07) is 11.1. The predicted octanol–water partition coefficient (Wildman–Crippen LogP) is 3.45. The summed E-state index contributed by atoms with van der Waals surface area (Å²) in [5.74, 6) is -1.16. The molecule has 3 nitrogen and oxygen atoms in total. The van der Waals surface area contributed by atoms with Gasteiger partial charge in [0, 0.05) is 0 Å². The van der Waals surface area contributed by atoms with Crippen molar-refractivity contribution in [2.24, 2.45) is 0 Å². The number of anilines is 2. The lowest BCUT2D eigenvalue weighted by Gasteiger charge is -2.09. The second-order valence-electron chi connectivity index (χ2n) is 3.73. The quantitative estimate of drug-likeness (QED) is 0.894. The fourth-order valence-electron chi connectivity index (χ4n) is 1.55. The number of nitrogens with one attached hydrogen (secondary N) is 1. The van der Waals surface area contributed by atoms with Crippen molar-refractivity contribution >= 4 is 11.4 Å². The highest BCUT2D eigenvalue weighted by molar-refractivity contribution is 5.67. The fraction of sp³-hybridized carbons (Fsp3) is 0. The number of benzene rings is 2. The van der Waals surface area contributed by atoms with E-state index in [0.29, 0.717) is 5.69 Å². The van der Waals surface area contributed by atoms with Crippen LogP contribution < -0.4 is 5.32 Å². The Bertz CT molecular complexity index is 712. The molecule has 19 heavy (non-hydrogen) atoms. The van der Waals surface area contributed by atoms with E-state index >= 15 is 0 Å². The molecule has 0 spiro atoms. The lowest BCUT2D eigenvalue weighted by atomic mass is 10.1. The molecule has 2 rings (SSSR count). The Hall–Kier alpha value is -2.92. The molecule has 0 aliphatic carbocycles. The van der Waals surface area contributed by atoms with Crippen molar-refractivity contribution in [1.82, 2.24) is 0 Å². The van der Waals surface area contributed by atoms with Crippen LogP contribution in [0.25, 0.3) is 0 Å². The molecule has 0 bridgehead atoms. The third kappa shape index (κ3) is 2.67. The van der Waals surface area contributed by atoms with Crippen molar-refractivity contribution < 1.29 is 8.78 Å². The van der Waals surface area contributed by atoms with Gasteiger partial charge in [-0.25, -0.2) is 8.78 Å². The Balaban J connectivity index is 2.37. The number of hydrogen-bond acceptors (Lipinski definition) is 3. The van der Waals surface area contributed by atoms with Gasteiger partial charge in [0.1, 0.15) is 17.7 Å². The Morgan fingerprint density at radius 2 is 1.63 bits per heavy atom. The largest absolute Gasteiger partial charge is 0.352 e. The zero-order valence-corrected chi connectivity index (χ0v) is 9.61. The van der Waals surface area contributed by atoms with Crippen LogP contribution in [-0.2, 0) is 0 Å². The molecule has 0 saturated carbocycles. The van der Waals surface area contributed by atoms with Crippen LogP contribution in [0.4, 0.5) is 20.2 Å². The van der Waals surface area contributed by atoms with Gasteiger partial charge >= 0.3 is 0 Å². The summed E-state index contributed by atoms with van der Waals surface area (Å²) in [4.78, 5) is 0. The fourth-order valence-corrected chi connectivity index (χ4v) is 1.55. The summed E-state index contributed by atoms with van der Waals surface area (Å²) in [5.41, 5.74) is 0.682. The molecule has 92 valence electrons. The Kier molecular flexibility index (Phi) is 3.40. The van der Waals surface area contributed by atoms with Crippen LogP contribution in [0.5, 0.6) is 0 Å². The Morgan fingerprint density at radius 1 is 0.895 bits per heavy atom. The molecule has 0 radical (unpaired) electrons. The molecule has 5 heteroatoms. The van der Waals surface area contributed by atoms with Crippen molar-refractivity contribution in [2.45, 2.75) is 0 Å². The minimum Gasteiger partial charge on any atom is -0.352 e. The number of nitrogens with zero attached hydrogens (tertiary/aromatic N) is 2. The number of nitriles is 2. The van der Waals surface area contributed by atoms with E-state index in [4.69, 9.17) is 10.5 Å². The molecule has 0 fully saturated rings. The van der Waals surface area contributed by atoms with Crippen LogP contribution in [0.3, 0.4) is 0 Å². The van der Waals surface area contributed by atoms with E-state index in [2.05, 4.69) is 5.32 Å². The standard InChI is InChI=1S/C14H7F2N3/c15-11-2-4-13(10(6-11)8-18)19-14-3-1-9(7-17)5-12(14)16/h1-6,19H. The van der Waals surface area contributed by atoms with E-state index in [1.165, 1.54) is 24.3 Å². The third-order valence-corrected chi connectivity index (χ3v) is 2.47. The van der Waals surface area contributed by atoms with Crippen LogP contribution in [-0.4, -0.2) is 0 Å². The summed E-state index contributed by atoms with van der Waals surface area (Å²) in [6.07, 6.45) is 0. The number of halogens is 2. The van der Waals surface area contributed by atoms with Crippen molar-refractivity contribution in [1.29, 1.82) is 10.5 Å². The highest BCUT2D eigenvalue weighted by Crippen LogP contribution is 2.24. The molecule has 0 saturated heterocycles. The molecule has 0 heterocycles. The monoisotopic (exact) mass is 255 g/mol.